The van der Waals surface area contributed by atoms with E-state index in [0.717, 1.165) is 28.3 Å². The molecular weight excluding hydrogens is 494 g/mol. The van der Waals surface area contributed by atoms with Crippen molar-refractivity contribution in [1.29, 1.82) is 0 Å². The molecule has 0 atom stereocenters. The standard InChI is InChI=1S/C28H25N9O2/c1-3-4-26(38)36-13-11-35(12-14-36)24-8-6-22-27(34-24)28(31-17-29-22)33-20-5-7-23(19(2)15-20)39-21-9-10-37-25(16-21)30-18-32-37/h5-10,15-18H,11-14H2,1-2H3,(H,29,31,33). The van der Waals surface area contributed by atoms with Gasteiger partial charge in [-0.05, 0) is 61.7 Å². The Morgan fingerprint density at radius 2 is 1.87 bits per heavy atom. The van der Waals surface area contributed by atoms with Gasteiger partial charge in [0.05, 0.1) is 5.52 Å². The van der Waals surface area contributed by atoms with Crippen LogP contribution in [0.5, 0.6) is 11.5 Å². The quantitative estimate of drug-likeness (QED) is 0.348. The Morgan fingerprint density at radius 1 is 1.00 bits per heavy atom. The smallest absolute Gasteiger partial charge is 0.298 e. The van der Waals surface area contributed by atoms with Crippen molar-refractivity contribution in [1.82, 2.24) is 34.4 Å². The highest BCUT2D eigenvalue weighted by Crippen LogP contribution is 2.30. The molecule has 1 amide bonds. The molecule has 11 nitrogen and oxygen atoms in total. The van der Waals surface area contributed by atoms with Crippen molar-refractivity contribution in [3.63, 3.8) is 0 Å². The van der Waals surface area contributed by atoms with Crippen LogP contribution >= 0.6 is 0 Å². The highest BCUT2D eigenvalue weighted by atomic mass is 16.5. The topological polar surface area (TPSA) is 114 Å². The normalized spacial score (nSPS) is 13.3. The minimum atomic E-state index is -0.133. The van der Waals surface area contributed by atoms with Crippen LogP contribution in [0.4, 0.5) is 17.3 Å². The largest absolute Gasteiger partial charge is 0.457 e. The van der Waals surface area contributed by atoms with E-state index in [1.165, 1.54) is 12.7 Å². The molecule has 1 aliphatic heterocycles. The molecule has 0 saturated carbocycles. The Kier molecular flexibility index (Phi) is 6.34. The lowest BCUT2D eigenvalue weighted by Gasteiger charge is -2.34. The van der Waals surface area contributed by atoms with Crippen LogP contribution in [0.3, 0.4) is 0 Å². The molecule has 1 saturated heterocycles. The average Bonchev–Trinajstić information content (AvgIpc) is 3.43. The third-order valence-corrected chi connectivity index (χ3v) is 6.51. The number of pyridine rings is 2. The molecule has 1 N–H and O–H groups in total. The van der Waals surface area contributed by atoms with Crippen LogP contribution in [-0.4, -0.2) is 66.5 Å². The Labute approximate surface area is 224 Å². The van der Waals surface area contributed by atoms with Crippen LogP contribution in [0.15, 0.2) is 61.3 Å². The number of amides is 1. The van der Waals surface area contributed by atoms with E-state index in [2.05, 4.69) is 42.1 Å². The van der Waals surface area contributed by atoms with Gasteiger partial charge in [-0.25, -0.2) is 24.5 Å². The van der Waals surface area contributed by atoms with Gasteiger partial charge in [0.2, 0.25) is 0 Å². The fourth-order valence-electron chi connectivity index (χ4n) is 4.49. The molecule has 4 aromatic heterocycles. The molecule has 5 heterocycles. The van der Waals surface area contributed by atoms with Crippen LogP contribution in [0.2, 0.25) is 0 Å². The fourth-order valence-corrected chi connectivity index (χ4v) is 4.49. The first-order chi connectivity index (χ1) is 19.1. The van der Waals surface area contributed by atoms with Gasteiger partial charge in [0, 0.05) is 44.1 Å². The van der Waals surface area contributed by atoms with E-state index in [4.69, 9.17) is 9.72 Å². The zero-order valence-corrected chi connectivity index (χ0v) is 21.5. The number of anilines is 3. The van der Waals surface area contributed by atoms with Crippen molar-refractivity contribution in [3.05, 3.63) is 66.9 Å². The second kappa shape index (κ2) is 10.3. The molecule has 6 rings (SSSR count). The van der Waals surface area contributed by atoms with E-state index in [9.17, 15) is 4.79 Å². The first-order valence-corrected chi connectivity index (χ1v) is 12.5. The van der Waals surface area contributed by atoms with Gasteiger partial charge in [-0.1, -0.05) is 5.92 Å². The van der Waals surface area contributed by atoms with E-state index in [1.54, 1.807) is 16.3 Å². The first kappa shape index (κ1) is 24.1. The lowest BCUT2D eigenvalue weighted by molar-refractivity contribution is -0.125. The van der Waals surface area contributed by atoms with Gasteiger partial charge < -0.3 is 19.9 Å². The van der Waals surface area contributed by atoms with Crippen molar-refractivity contribution in [2.45, 2.75) is 13.8 Å². The van der Waals surface area contributed by atoms with Crippen LogP contribution in [0, 0.1) is 18.8 Å². The molecule has 0 aliphatic carbocycles. The van der Waals surface area contributed by atoms with Crippen LogP contribution in [0.1, 0.15) is 12.5 Å². The Hall–Kier alpha value is -5.24. The summed E-state index contributed by atoms with van der Waals surface area (Å²) >= 11 is 0. The number of nitrogens with one attached hydrogen (secondary N) is 1. The SMILES string of the molecule is CC#CC(=O)N1CCN(c2ccc3ncnc(Nc4ccc(Oc5ccn6ncnc6c5)c(C)c4)c3n2)CC1. The first-order valence-electron chi connectivity index (χ1n) is 12.5. The van der Waals surface area contributed by atoms with Gasteiger partial charge >= 0.3 is 0 Å². The number of aryl methyl sites for hydroxylation is 1. The van der Waals surface area contributed by atoms with Crippen LogP contribution in [0.25, 0.3) is 16.7 Å². The number of rotatable bonds is 5. The molecule has 11 heteroatoms. The minimum Gasteiger partial charge on any atom is -0.457 e. The molecular formula is C28H25N9O2. The summed E-state index contributed by atoms with van der Waals surface area (Å²) in [6.07, 6.45) is 4.84. The number of piperazine rings is 1. The van der Waals surface area contributed by atoms with Crippen molar-refractivity contribution in [2.24, 2.45) is 0 Å². The zero-order valence-electron chi connectivity index (χ0n) is 21.5. The van der Waals surface area contributed by atoms with E-state index in [0.29, 0.717) is 48.9 Å². The number of benzene rings is 1. The molecule has 0 bridgehead atoms. The summed E-state index contributed by atoms with van der Waals surface area (Å²) in [6.45, 7) is 6.22. The predicted octanol–water partition coefficient (Wildman–Crippen LogP) is 3.58. The number of carbonyl (C=O) groups is 1. The van der Waals surface area contributed by atoms with Gasteiger partial charge in [0.25, 0.3) is 5.91 Å². The minimum absolute atomic E-state index is 0.133. The molecule has 0 spiro atoms. The van der Waals surface area contributed by atoms with Gasteiger partial charge in [0.15, 0.2) is 11.5 Å². The predicted molar refractivity (Wildman–Crippen MR) is 147 cm³/mol. The second-order valence-corrected chi connectivity index (χ2v) is 9.05. The molecule has 1 fully saturated rings. The fraction of sp³-hybridized carbons (Fsp3) is 0.214. The lowest BCUT2D eigenvalue weighted by atomic mass is 10.2. The number of hydrogen-bond acceptors (Lipinski definition) is 9. The Balaban J connectivity index is 1.20. The maximum Gasteiger partial charge on any atom is 0.298 e. The summed E-state index contributed by atoms with van der Waals surface area (Å²) in [5.41, 5.74) is 3.93. The summed E-state index contributed by atoms with van der Waals surface area (Å²) in [5.74, 6) is 8.00. The van der Waals surface area contributed by atoms with Gasteiger partial charge in [-0.15, -0.1) is 0 Å². The van der Waals surface area contributed by atoms with E-state index in [-0.39, 0.29) is 5.91 Å². The van der Waals surface area contributed by atoms with Gasteiger partial charge in [-0.2, -0.15) is 5.10 Å². The molecule has 1 aromatic carbocycles. The number of fused-ring (bicyclic) bond motifs is 2. The summed E-state index contributed by atoms with van der Waals surface area (Å²) in [7, 11) is 0. The average molecular weight is 520 g/mol. The van der Waals surface area contributed by atoms with Crippen molar-refractivity contribution < 1.29 is 9.53 Å². The van der Waals surface area contributed by atoms with Crippen molar-refractivity contribution in [2.75, 3.05) is 36.4 Å². The molecule has 0 unspecified atom stereocenters. The Morgan fingerprint density at radius 3 is 2.69 bits per heavy atom. The van der Waals surface area contributed by atoms with Gasteiger partial charge in [0.1, 0.15) is 35.5 Å². The van der Waals surface area contributed by atoms with Gasteiger partial charge in [-0.3, -0.25) is 4.79 Å². The summed E-state index contributed by atoms with van der Waals surface area (Å²) in [4.78, 5) is 34.0. The molecule has 1 aliphatic rings. The number of hydrogen-bond donors (Lipinski definition) is 1. The molecule has 39 heavy (non-hydrogen) atoms. The number of aromatic nitrogens is 6. The maximum absolute atomic E-state index is 12.1. The third-order valence-electron chi connectivity index (χ3n) is 6.51. The van der Waals surface area contributed by atoms with E-state index in [1.807, 2.05) is 55.6 Å². The lowest BCUT2D eigenvalue weighted by Crippen LogP contribution is -2.48. The third kappa shape index (κ3) is 5.00. The number of carbonyl (C=O) groups excluding carboxylic acids is 1. The number of ether oxygens (including phenoxy) is 1. The summed E-state index contributed by atoms with van der Waals surface area (Å²) in [5, 5.41) is 7.50. The van der Waals surface area contributed by atoms with E-state index < -0.39 is 0 Å². The second-order valence-electron chi connectivity index (χ2n) is 9.05. The van der Waals surface area contributed by atoms with Crippen molar-refractivity contribution in [3.8, 4) is 23.3 Å². The Bertz CT molecular complexity index is 1750. The maximum atomic E-state index is 12.1. The summed E-state index contributed by atoms with van der Waals surface area (Å²) < 4.78 is 7.78. The van der Waals surface area contributed by atoms with Crippen LogP contribution in [-0.2, 0) is 4.79 Å². The number of nitrogens with zero attached hydrogens (tertiary/aromatic N) is 8. The molecule has 5 aromatic rings. The molecule has 194 valence electrons. The van der Waals surface area contributed by atoms with Crippen molar-refractivity contribution >= 4 is 39.9 Å². The zero-order chi connectivity index (χ0) is 26.8. The molecule has 0 radical (unpaired) electrons. The monoisotopic (exact) mass is 519 g/mol. The highest BCUT2D eigenvalue weighted by Gasteiger charge is 2.21. The van der Waals surface area contributed by atoms with Crippen LogP contribution < -0.4 is 15.0 Å². The highest BCUT2D eigenvalue weighted by molar-refractivity contribution is 5.93. The van der Waals surface area contributed by atoms with E-state index >= 15 is 0 Å². The summed E-state index contributed by atoms with van der Waals surface area (Å²) in [6, 6.07) is 13.4.